The molecule has 0 radical (unpaired) electrons. The molecule has 0 aliphatic carbocycles. The molecule has 0 spiro atoms. The summed E-state index contributed by atoms with van der Waals surface area (Å²) in [7, 11) is 0. The van der Waals surface area contributed by atoms with Crippen LogP contribution in [-0.4, -0.2) is 64.8 Å². The molecule has 2 aromatic carbocycles. The Hall–Kier alpha value is -3.44. The Bertz CT molecular complexity index is 1310. The van der Waals surface area contributed by atoms with Crippen LogP contribution < -0.4 is 5.32 Å². The van der Waals surface area contributed by atoms with Gasteiger partial charge < -0.3 is 5.32 Å². The van der Waals surface area contributed by atoms with Crippen molar-refractivity contribution in [2.24, 2.45) is 0 Å². The summed E-state index contributed by atoms with van der Waals surface area (Å²) in [6.45, 7) is 7.20. The molecule has 1 saturated heterocycles. The van der Waals surface area contributed by atoms with Gasteiger partial charge in [0.15, 0.2) is 5.41 Å². The number of carbonyl (C=O) groups excluding carboxylic acids is 1. The molecule has 11 heteroatoms. The normalized spacial score (nSPS) is 17.4. The van der Waals surface area contributed by atoms with E-state index < -0.39 is 23.3 Å². The first-order chi connectivity index (χ1) is 19.7. The number of aromatic nitrogens is 1. The fourth-order valence-electron chi connectivity index (χ4n) is 5.11. The number of alkyl halides is 6. The fourth-order valence-corrected chi connectivity index (χ4v) is 5.11. The number of amides is 1. The first-order valence-corrected chi connectivity index (χ1v) is 13.7. The van der Waals surface area contributed by atoms with E-state index >= 15 is 0 Å². The standard InChI is InChI=1S/C31H34F6N4O/c1-21(2)39-28(42)27-20-40(18-23-12-14-38-15-13-23)16-17-41(27)19-22-4-6-24(7-5-22)25-8-10-26(11-9-25)29(3,30(32,33)34)31(35,36)37/h4-15,21,27H,16-20H2,1-3H3,(H,39,42)/t27-/m0/s1. The predicted molar refractivity (Wildman–Crippen MR) is 148 cm³/mol. The monoisotopic (exact) mass is 592 g/mol. The van der Waals surface area contributed by atoms with Crippen molar-refractivity contribution in [2.45, 2.75) is 63.7 Å². The largest absolute Gasteiger partial charge is 0.406 e. The van der Waals surface area contributed by atoms with Gasteiger partial charge in [-0.1, -0.05) is 48.5 Å². The van der Waals surface area contributed by atoms with Gasteiger partial charge in [-0.25, -0.2) is 0 Å². The molecule has 0 bridgehead atoms. The molecular formula is C31H34F6N4O. The SMILES string of the molecule is CC(C)NC(=O)[C@@H]1CN(Cc2ccncc2)CCN1Cc1ccc(-c2ccc(C(C)(C(F)(F)F)C(F)(F)F)cc2)cc1. The van der Waals surface area contributed by atoms with E-state index in [0.717, 1.165) is 29.8 Å². The summed E-state index contributed by atoms with van der Waals surface area (Å²) in [4.78, 5) is 21.6. The van der Waals surface area contributed by atoms with Crippen LogP contribution in [-0.2, 0) is 23.3 Å². The second-order valence-corrected chi connectivity index (χ2v) is 11.1. The number of piperazine rings is 1. The van der Waals surface area contributed by atoms with Crippen LogP contribution in [0.5, 0.6) is 0 Å². The molecule has 1 aliphatic heterocycles. The second-order valence-electron chi connectivity index (χ2n) is 11.1. The molecule has 1 atom stereocenters. The fraction of sp³-hybridized carbons (Fsp3) is 0.419. The molecule has 1 N–H and O–H groups in total. The van der Waals surface area contributed by atoms with E-state index in [-0.39, 0.29) is 24.9 Å². The van der Waals surface area contributed by atoms with E-state index in [1.807, 2.05) is 38.1 Å². The average Bonchev–Trinajstić information content (AvgIpc) is 2.93. The molecule has 4 rings (SSSR count). The summed E-state index contributed by atoms with van der Waals surface area (Å²) < 4.78 is 80.7. The molecular weight excluding hydrogens is 558 g/mol. The maximum absolute atomic E-state index is 13.5. The average molecular weight is 593 g/mol. The number of halogens is 6. The van der Waals surface area contributed by atoms with Gasteiger partial charge in [-0.3, -0.25) is 19.6 Å². The number of carbonyl (C=O) groups is 1. The van der Waals surface area contributed by atoms with Crippen molar-refractivity contribution in [3.05, 3.63) is 89.7 Å². The van der Waals surface area contributed by atoms with Crippen LogP contribution in [0, 0.1) is 0 Å². The van der Waals surface area contributed by atoms with Gasteiger partial charge in [0.2, 0.25) is 5.91 Å². The number of hydrogen-bond acceptors (Lipinski definition) is 4. The molecule has 1 aromatic heterocycles. The second kappa shape index (κ2) is 12.4. The zero-order valence-electron chi connectivity index (χ0n) is 23.6. The van der Waals surface area contributed by atoms with Crippen LogP contribution in [0.25, 0.3) is 11.1 Å². The van der Waals surface area contributed by atoms with E-state index in [2.05, 4.69) is 20.1 Å². The molecule has 1 fully saturated rings. The first kappa shape index (κ1) is 31.5. The van der Waals surface area contributed by atoms with Crippen LogP contribution in [0.1, 0.15) is 37.5 Å². The molecule has 2 heterocycles. The molecule has 1 aliphatic rings. The highest BCUT2D eigenvalue weighted by atomic mass is 19.4. The maximum Gasteiger partial charge on any atom is 0.406 e. The Morgan fingerprint density at radius 2 is 1.36 bits per heavy atom. The van der Waals surface area contributed by atoms with Gasteiger partial charge in [-0.15, -0.1) is 0 Å². The number of benzene rings is 2. The number of hydrogen-bond donors (Lipinski definition) is 1. The molecule has 0 unspecified atom stereocenters. The van der Waals surface area contributed by atoms with Gasteiger partial charge in [0.05, 0.1) is 0 Å². The van der Waals surface area contributed by atoms with Gasteiger partial charge in [0.25, 0.3) is 0 Å². The minimum absolute atomic E-state index is 0.00859. The third kappa shape index (κ3) is 6.95. The van der Waals surface area contributed by atoms with E-state index in [1.165, 1.54) is 12.1 Å². The minimum Gasteiger partial charge on any atom is -0.353 e. The Morgan fingerprint density at radius 1 is 0.833 bits per heavy atom. The van der Waals surface area contributed by atoms with Crippen LogP contribution in [0.2, 0.25) is 0 Å². The summed E-state index contributed by atoms with van der Waals surface area (Å²) in [5, 5.41) is 3.02. The van der Waals surface area contributed by atoms with Crippen molar-refractivity contribution in [2.75, 3.05) is 19.6 Å². The van der Waals surface area contributed by atoms with E-state index in [0.29, 0.717) is 37.3 Å². The number of pyridine rings is 1. The van der Waals surface area contributed by atoms with Crippen molar-refractivity contribution in [1.82, 2.24) is 20.1 Å². The zero-order valence-corrected chi connectivity index (χ0v) is 23.6. The van der Waals surface area contributed by atoms with Crippen molar-refractivity contribution in [3.8, 4) is 11.1 Å². The number of rotatable bonds is 8. The molecule has 3 aromatic rings. The Labute approximate surface area is 241 Å². The van der Waals surface area contributed by atoms with Gasteiger partial charge in [-0.2, -0.15) is 26.3 Å². The van der Waals surface area contributed by atoms with Crippen LogP contribution in [0.15, 0.2) is 73.1 Å². The topological polar surface area (TPSA) is 48.5 Å². The summed E-state index contributed by atoms with van der Waals surface area (Å²) in [5.41, 5.74) is -1.63. The third-order valence-electron chi connectivity index (χ3n) is 7.73. The van der Waals surface area contributed by atoms with Crippen molar-refractivity contribution in [3.63, 3.8) is 0 Å². The van der Waals surface area contributed by atoms with Crippen LogP contribution in [0.4, 0.5) is 26.3 Å². The lowest BCUT2D eigenvalue weighted by atomic mass is 9.80. The van der Waals surface area contributed by atoms with Crippen molar-refractivity contribution < 1.29 is 31.1 Å². The van der Waals surface area contributed by atoms with Crippen LogP contribution in [0.3, 0.4) is 0 Å². The van der Waals surface area contributed by atoms with E-state index in [1.54, 1.807) is 24.5 Å². The number of nitrogens with zero attached hydrogens (tertiary/aromatic N) is 3. The third-order valence-corrected chi connectivity index (χ3v) is 7.73. The molecule has 42 heavy (non-hydrogen) atoms. The molecule has 226 valence electrons. The van der Waals surface area contributed by atoms with Crippen LogP contribution >= 0.6 is 0 Å². The summed E-state index contributed by atoms with van der Waals surface area (Å²) in [6.07, 6.45) is -7.51. The van der Waals surface area contributed by atoms with Gasteiger partial charge in [0, 0.05) is 51.2 Å². The lowest BCUT2D eigenvalue weighted by Gasteiger charge is -2.41. The van der Waals surface area contributed by atoms with Gasteiger partial charge in [0.1, 0.15) is 6.04 Å². The highest BCUT2D eigenvalue weighted by molar-refractivity contribution is 5.82. The predicted octanol–water partition coefficient (Wildman–Crippen LogP) is 6.34. The highest BCUT2D eigenvalue weighted by Gasteiger charge is 2.68. The first-order valence-electron chi connectivity index (χ1n) is 13.7. The van der Waals surface area contributed by atoms with E-state index in [4.69, 9.17) is 0 Å². The quantitative estimate of drug-likeness (QED) is 0.310. The number of nitrogens with one attached hydrogen (secondary N) is 1. The van der Waals surface area contributed by atoms with E-state index in [9.17, 15) is 31.1 Å². The lowest BCUT2D eigenvalue weighted by molar-refractivity contribution is -0.297. The summed E-state index contributed by atoms with van der Waals surface area (Å²) in [6, 6.07) is 15.1. The maximum atomic E-state index is 13.5. The lowest BCUT2D eigenvalue weighted by Crippen LogP contribution is -2.59. The van der Waals surface area contributed by atoms with Gasteiger partial charge >= 0.3 is 12.4 Å². The highest BCUT2D eigenvalue weighted by Crippen LogP contribution is 2.51. The summed E-state index contributed by atoms with van der Waals surface area (Å²) >= 11 is 0. The molecule has 0 saturated carbocycles. The Morgan fingerprint density at radius 3 is 1.88 bits per heavy atom. The smallest absolute Gasteiger partial charge is 0.353 e. The van der Waals surface area contributed by atoms with Gasteiger partial charge in [-0.05, 0) is 60.7 Å². The zero-order chi connectivity index (χ0) is 30.7. The molecule has 5 nitrogen and oxygen atoms in total. The summed E-state index contributed by atoms with van der Waals surface area (Å²) in [5.74, 6) is -0.0501. The minimum atomic E-state index is -5.50. The Kier molecular flexibility index (Phi) is 9.32. The van der Waals surface area contributed by atoms with Crippen molar-refractivity contribution >= 4 is 5.91 Å². The molecule has 1 amide bonds. The van der Waals surface area contributed by atoms with Crippen molar-refractivity contribution in [1.29, 1.82) is 0 Å². The Balaban J connectivity index is 1.48.